The van der Waals surface area contributed by atoms with E-state index in [1.807, 2.05) is 18.2 Å². The van der Waals surface area contributed by atoms with Crippen molar-refractivity contribution < 1.29 is 14.3 Å². The minimum absolute atomic E-state index is 0.00486. The van der Waals surface area contributed by atoms with Crippen LogP contribution in [0, 0.1) is 6.92 Å². The maximum Gasteiger partial charge on any atom is 0.349 e. The largest absolute Gasteiger partial charge is 0.427 e. The Morgan fingerprint density at radius 3 is 2.52 bits per heavy atom. The van der Waals surface area contributed by atoms with E-state index >= 15 is 0 Å². The highest BCUT2D eigenvalue weighted by molar-refractivity contribution is 5.95. The first-order valence-corrected chi connectivity index (χ1v) is 9.69. The van der Waals surface area contributed by atoms with Gasteiger partial charge in [-0.2, -0.15) is 0 Å². The summed E-state index contributed by atoms with van der Waals surface area (Å²) in [5.74, 6) is 0.240. The molecule has 1 amide bonds. The number of benzene rings is 1. The summed E-state index contributed by atoms with van der Waals surface area (Å²) in [6.45, 7) is 1.77. The van der Waals surface area contributed by atoms with Gasteiger partial charge in [-0.15, -0.1) is 0 Å². The molecule has 0 saturated heterocycles. The lowest BCUT2D eigenvalue weighted by Crippen LogP contribution is -2.40. The van der Waals surface area contributed by atoms with Gasteiger partial charge in [0.15, 0.2) is 0 Å². The zero-order chi connectivity index (χ0) is 19.2. The summed E-state index contributed by atoms with van der Waals surface area (Å²) in [4.78, 5) is 24.9. The maximum atomic E-state index is 12.5. The molecule has 5 nitrogen and oxygen atoms in total. The topological polar surface area (TPSA) is 79.5 Å². The average Bonchev–Trinajstić information content (AvgIpc) is 2.64. The zero-order valence-corrected chi connectivity index (χ0v) is 15.7. The van der Waals surface area contributed by atoms with E-state index in [-0.39, 0.29) is 23.6 Å². The quantitative estimate of drug-likeness (QED) is 0.820. The Balaban J connectivity index is 1.60. The molecule has 0 bridgehead atoms. The van der Waals surface area contributed by atoms with Crippen LogP contribution in [0.15, 0.2) is 45.6 Å². The Morgan fingerprint density at radius 1 is 1.15 bits per heavy atom. The van der Waals surface area contributed by atoms with Gasteiger partial charge in [-0.1, -0.05) is 30.3 Å². The van der Waals surface area contributed by atoms with E-state index in [0.29, 0.717) is 30.6 Å². The minimum Gasteiger partial charge on any atom is -0.427 e. The number of aliphatic hydroxyl groups excluding tert-OH is 1. The highest BCUT2D eigenvalue weighted by Gasteiger charge is 2.24. The van der Waals surface area contributed by atoms with Crippen LogP contribution in [0.4, 0.5) is 0 Å². The Morgan fingerprint density at radius 2 is 1.85 bits per heavy atom. The van der Waals surface area contributed by atoms with Gasteiger partial charge in [-0.25, -0.2) is 4.79 Å². The minimum atomic E-state index is -0.571. The number of hydrogen-bond donors (Lipinski definition) is 2. The van der Waals surface area contributed by atoms with Crippen LogP contribution < -0.4 is 10.9 Å². The molecule has 3 rings (SSSR count). The molecule has 0 aliphatic heterocycles. The summed E-state index contributed by atoms with van der Waals surface area (Å²) >= 11 is 0. The van der Waals surface area contributed by atoms with Crippen molar-refractivity contribution in [3.63, 3.8) is 0 Å². The van der Waals surface area contributed by atoms with Gasteiger partial charge >= 0.3 is 5.63 Å². The van der Waals surface area contributed by atoms with Gasteiger partial charge in [0.1, 0.15) is 11.3 Å². The Kier molecular flexibility index (Phi) is 6.45. The van der Waals surface area contributed by atoms with E-state index in [2.05, 4.69) is 17.4 Å². The van der Waals surface area contributed by atoms with Gasteiger partial charge in [-0.05, 0) is 62.6 Å². The summed E-state index contributed by atoms with van der Waals surface area (Å²) in [6, 6.07) is 12.0. The standard InChI is InChI=1S/C22H27NO4/c1-15-14-19(9-5-8-16-6-3-2-4-7-16)27-22(26)20(15)21(25)23-17-10-12-18(24)13-11-17/h2-4,6-7,14,17-18,24H,5,8-13H2,1H3,(H,23,25). The smallest absolute Gasteiger partial charge is 0.349 e. The third kappa shape index (κ3) is 5.30. The second-order valence-electron chi connectivity index (χ2n) is 7.38. The van der Waals surface area contributed by atoms with Crippen LogP contribution in [-0.4, -0.2) is 23.2 Å². The van der Waals surface area contributed by atoms with Crippen molar-refractivity contribution in [1.29, 1.82) is 0 Å². The molecule has 0 unspecified atom stereocenters. The van der Waals surface area contributed by atoms with E-state index < -0.39 is 5.63 Å². The van der Waals surface area contributed by atoms with Gasteiger partial charge in [0.2, 0.25) is 0 Å². The maximum absolute atomic E-state index is 12.5. The highest BCUT2D eigenvalue weighted by Crippen LogP contribution is 2.19. The van der Waals surface area contributed by atoms with Gasteiger partial charge < -0.3 is 14.8 Å². The predicted molar refractivity (Wildman–Crippen MR) is 104 cm³/mol. The van der Waals surface area contributed by atoms with Crippen molar-refractivity contribution in [2.45, 2.75) is 64.0 Å². The van der Waals surface area contributed by atoms with Crippen LogP contribution in [0.2, 0.25) is 0 Å². The summed E-state index contributed by atoms with van der Waals surface area (Å²) in [7, 11) is 0. The molecule has 1 saturated carbocycles. The first kappa shape index (κ1) is 19.4. The number of aryl methyl sites for hydroxylation is 3. The number of carbonyl (C=O) groups is 1. The van der Waals surface area contributed by atoms with Crippen molar-refractivity contribution in [3.8, 4) is 0 Å². The molecule has 2 N–H and O–H groups in total. The normalized spacial score (nSPS) is 19.6. The van der Waals surface area contributed by atoms with Gasteiger partial charge in [0, 0.05) is 12.5 Å². The van der Waals surface area contributed by atoms with Crippen LogP contribution in [0.5, 0.6) is 0 Å². The molecule has 27 heavy (non-hydrogen) atoms. The van der Waals surface area contributed by atoms with E-state index in [0.717, 1.165) is 25.7 Å². The molecule has 1 aliphatic rings. The lowest BCUT2D eigenvalue weighted by molar-refractivity contribution is 0.0863. The molecule has 0 spiro atoms. The number of hydrogen-bond acceptors (Lipinski definition) is 4. The summed E-state index contributed by atoms with van der Waals surface area (Å²) in [6.07, 6.45) is 5.00. The third-order valence-electron chi connectivity index (χ3n) is 5.19. The molecule has 0 radical (unpaired) electrons. The Labute approximate surface area is 159 Å². The summed E-state index contributed by atoms with van der Waals surface area (Å²) in [5.41, 5.74) is 1.42. The van der Waals surface area contributed by atoms with E-state index in [4.69, 9.17) is 4.42 Å². The fourth-order valence-electron chi connectivity index (χ4n) is 3.66. The number of amides is 1. The van der Waals surface area contributed by atoms with E-state index in [9.17, 15) is 14.7 Å². The second-order valence-corrected chi connectivity index (χ2v) is 7.38. The monoisotopic (exact) mass is 369 g/mol. The highest BCUT2D eigenvalue weighted by atomic mass is 16.4. The Hall–Kier alpha value is -2.40. The first-order chi connectivity index (χ1) is 13.0. The molecule has 1 heterocycles. The second kappa shape index (κ2) is 9.00. The Bertz CT molecular complexity index is 820. The number of rotatable bonds is 6. The van der Waals surface area contributed by atoms with E-state index in [1.165, 1.54) is 5.56 Å². The fraction of sp³-hybridized carbons (Fsp3) is 0.455. The molecule has 144 valence electrons. The van der Waals surface area contributed by atoms with Gasteiger partial charge in [-0.3, -0.25) is 4.79 Å². The van der Waals surface area contributed by atoms with Gasteiger partial charge in [0.05, 0.1) is 6.10 Å². The average molecular weight is 369 g/mol. The fourth-order valence-corrected chi connectivity index (χ4v) is 3.66. The van der Waals surface area contributed by atoms with Gasteiger partial charge in [0.25, 0.3) is 5.91 Å². The summed E-state index contributed by atoms with van der Waals surface area (Å²) in [5, 5.41) is 12.5. The first-order valence-electron chi connectivity index (χ1n) is 9.69. The third-order valence-corrected chi connectivity index (χ3v) is 5.19. The van der Waals surface area contributed by atoms with Crippen molar-refractivity contribution in [2.24, 2.45) is 0 Å². The molecule has 1 aromatic carbocycles. The summed E-state index contributed by atoms with van der Waals surface area (Å²) < 4.78 is 5.40. The van der Waals surface area contributed by atoms with Crippen molar-refractivity contribution in [3.05, 3.63) is 69.3 Å². The van der Waals surface area contributed by atoms with Crippen LogP contribution in [0.3, 0.4) is 0 Å². The lowest BCUT2D eigenvalue weighted by atomic mass is 9.93. The lowest BCUT2D eigenvalue weighted by Gasteiger charge is -2.26. The molecule has 1 aliphatic carbocycles. The molecule has 1 aromatic heterocycles. The predicted octanol–water partition coefficient (Wildman–Crippen LogP) is 3.16. The molecule has 2 aromatic rings. The zero-order valence-electron chi connectivity index (χ0n) is 15.7. The van der Waals surface area contributed by atoms with Crippen molar-refractivity contribution in [2.75, 3.05) is 0 Å². The molecule has 5 heteroatoms. The van der Waals surface area contributed by atoms with Crippen LogP contribution in [0.1, 0.15) is 59.3 Å². The van der Waals surface area contributed by atoms with E-state index in [1.54, 1.807) is 13.0 Å². The molecular formula is C22H27NO4. The van der Waals surface area contributed by atoms with Crippen molar-refractivity contribution in [1.82, 2.24) is 5.32 Å². The molecule has 1 fully saturated rings. The number of aliphatic hydroxyl groups is 1. The van der Waals surface area contributed by atoms with Crippen molar-refractivity contribution >= 4 is 5.91 Å². The van der Waals surface area contributed by atoms with Crippen LogP contribution in [-0.2, 0) is 12.8 Å². The molecule has 0 atom stereocenters. The number of carbonyl (C=O) groups excluding carboxylic acids is 1. The SMILES string of the molecule is Cc1cc(CCCc2ccccc2)oc(=O)c1C(=O)NC1CCC(O)CC1. The molecular weight excluding hydrogens is 342 g/mol. The number of nitrogens with one attached hydrogen (secondary N) is 1. The van der Waals surface area contributed by atoms with Crippen LogP contribution in [0.25, 0.3) is 0 Å². The van der Waals surface area contributed by atoms with Crippen LogP contribution >= 0.6 is 0 Å².